The molecular weight excluding hydrogens is 208 g/mol. The maximum absolute atomic E-state index is 11.4. The predicted molar refractivity (Wildman–Crippen MR) is 59.9 cm³/mol. The van der Waals surface area contributed by atoms with Gasteiger partial charge in [-0.1, -0.05) is 12.1 Å². The molecular formula is C11H10N2OS. The van der Waals surface area contributed by atoms with Crippen LogP contribution in [0, 0.1) is 0 Å². The van der Waals surface area contributed by atoms with Crippen LogP contribution >= 0.6 is 11.8 Å². The molecule has 4 heteroatoms. The summed E-state index contributed by atoms with van der Waals surface area (Å²) in [7, 11) is 0. The number of thioether (sulfide) groups is 1. The molecule has 0 saturated heterocycles. The van der Waals surface area contributed by atoms with Crippen LogP contribution in [0.5, 0.6) is 0 Å². The van der Waals surface area contributed by atoms with Crippen molar-refractivity contribution in [1.82, 2.24) is 9.55 Å². The molecule has 0 aliphatic carbocycles. The van der Waals surface area contributed by atoms with Gasteiger partial charge in [-0.2, -0.15) is 0 Å². The number of benzene rings is 1. The molecule has 0 fully saturated rings. The van der Waals surface area contributed by atoms with Gasteiger partial charge in [0.1, 0.15) is 0 Å². The van der Waals surface area contributed by atoms with Crippen LogP contribution in [0.4, 0.5) is 0 Å². The second kappa shape index (κ2) is 3.10. The summed E-state index contributed by atoms with van der Waals surface area (Å²) in [5.74, 6) is 0. The molecule has 0 radical (unpaired) electrons. The van der Waals surface area contributed by atoms with Gasteiger partial charge < -0.3 is 4.57 Å². The molecule has 0 bridgehead atoms. The molecule has 76 valence electrons. The minimum atomic E-state index is 0.213. The number of imidazole rings is 1. The number of fused-ring (bicyclic) bond motifs is 3. The topological polar surface area (TPSA) is 34.9 Å². The summed E-state index contributed by atoms with van der Waals surface area (Å²) in [5, 5.41) is 1.05. The SMILES string of the molecule is CC1CC(=O)Sc2nc3ccccc3n21. The Hall–Kier alpha value is -1.29. The minimum Gasteiger partial charge on any atom is -0.315 e. The third-order valence-electron chi connectivity index (χ3n) is 2.67. The fraction of sp³-hybridized carbons (Fsp3) is 0.273. The highest BCUT2D eigenvalue weighted by Gasteiger charge is 2.25. The van der Waals surface area contributed by atoms with E-state index >= 15 is 0 Å². The van der Waals surface area contributed by atoms with Crippen LogP contribution < -0.4 is 0 Å². The average molecular weight is 218 g/mol. The zero-order valence-electron chi connectivity index (χ0n) is 8.30. The van der Waals surface area contributed by atoms with Crippen molar-refractivity contribution in [2.45, 2.75) is 24.5 Å². The van der Waals surface area contributed by atoms with Gasteiger partial charge in [0.2, 0.25) is 0 Å². The molecule has 0 spiro atoms. The van der Waals surface area contributed by atoms with E-state index in [0.717, 1.165) is 16.2 Å². The number of para-hydroxylation sites is 2. The van der Waals surface area contributed by atoms with Crippen molar-refractivity contribution >= 4 is 27.9 Å². The highest BCUT2D eigenvalue weighted by Crippen LogP contribution is 2.35. The molecule has 2 aromatic rings. The molecule has 3 rings (SSSR count). The van der Waals surface area contributed by atoms with Gasteiger partial charge in [0.15, 0.2) is 10.3 Å². The van der Waals surface area contributed by atoms with Crippen LogP contribution in [0.2, 0.25) is 0 Å². The maximum Gasteiger partial charge on any atom is 0.198 e. The molecule has 1 atom stereocenters. The third-order valence-corrected chi connectivity index (χ3v) is 3.54. The largest absolute Gasteiger partial charge is 0.315 e. The summed E-state index contributed by atoms with van der Waals surface area (Å²) >= 11 is 1.25. The highest BCUT2D eigenvalue weighted by molar-refractivity contribution is 8.13. The van der Waals surface area contributed by atoms with Gasteiger partial charge in [-0.15, -0.1) is 0 Å². The molecule has 0 amide bonds. The zero-order valence-corrected chi connectivity index (χ0v) is 9.12. The van der Waals surface area contributed by atoms with E-state index in [4.69, 9.17) is 0 Å². The van der Waals surface area contributed by atoms with Gasteiger partial charge in [0, 0.05) is 12.5 Å². The Morgan fingerprint density at radius 2 is 2.27 bits per heavy atom. The molecule has 0 saturated carbocycles. The normalized spacial score (nSPS) is 20.6. The lowest BCUT2D eigenvalue weighted by atomic mass is 10.2. The van der Waals surface area contributed by atoms with Crippen LogP contribution in [0.1, 0.15) is 19.4 Å². The molecule has 1 unspecified atom stereocenters. The van der Waals surface area contributed by atoms with Gasteiger partial charge in [0.25, 0.3) is 0 Å². The predicted octanol–water partition coefficient (Wildman–Crippen LogP) is 2.62. The zero-order chi connectivity index (χ0) is 10.4. The fourth-order valence-corrected chi connectivity index (χ4v) is 3.05. The fourth-order valence-electron chi connectivity index (χ4n) is 2.00. The molecule has 1 aromatic carbocycles. The third kappa shape index (κ3) is 1.28. The molecule has 15 heavy (non-hydrogen) atoms. The van der Waals surface area contributed by atoms with Crippen molar-refractivity contribution in [3.05, 3.63) is 24.3 Å². The monoisotopic (exact) mass is 218 g/mol. The summed E-state index contributed by atoms with van der Waals surface area (Å²) in [6.07, 6.45) is 0.595. The van der Waals surface area contributed by atoms with Crippen molar-refractivity contribution in [3.63, 3.8) is 0 Å². The van der Waals surface area contributed by atoms with Gasteiger partial charge in [-0.05, 0) is 30.8 Å². The molecule has 1 aromatic heterocycles. The van der Waals surface area contributed by atoms with Gasteiger partial charge >= 0.3 is 0 Å². The molecule has 0 N–H and O–H groups in total. The number of carbonyl (C=O) groups excluding carboxylic acids is 1. The average Bonchev–Trinajstić information content (AvgIpc) is 2.54. The molecule has 2 heterocycles. The molecule has 1 aliphatic heterocycles. The van der Waals surface area contributed by atoms with Gasteiger partial charge in [-0.3, -0.25) is 4.79 Å². The van der Waals surface area contributed by atoms with E-state index in [1.807, 2.05) is 18.2 Å². The van der Waals surface area contributed by atoms with Crippen molar-refractivity contribution < 1.29 is 4.79 Å². The van der Waals surface area contributed by atoms with Crippen molar-refractivity contribution in [3.8, 4) is 0 Å². The van der Waals surface area contributed by atoms with E-state index in [1.165, 1.54) is 11.8 Å². The van der Waals surface area contributed by atoms with E-state index in [1.54, 1.807) is 0 Å². The summed E-state index contributed by atoms with van der Waals surface area (Å²) in [6.45, 7) is 2.06. The first kappa shape index (κ1) is 8.97. The lowest BCUT2D eigenvalue weighted by Gasteiger charge is -2.20. The van der Waals surface area contributed by atoms with E-state index in [0.29, 0.717) is 6.42 Å². The summed E-state index contributed by atoms with van der Waals surface area (Å²) < 4.78 is 2.15. The first-order chi connectivity index (χ1) is 7.25. The van der Waals surface area contributed by atoms with Crippen molar-refractivity contribution in [1.29, 1.82) is 0 Å². The summed E-state index contributed by atoms with van der Waals surface area (Å²) in [6, 6.07) is 8.24. The van der Waals surface area contributed by atoms with Gasteiger partial charge in [-0.25, -0.2) is 4.98 Å². The van der Waals surface area contributed by atoms with Crippen molar-refractivity contribution in [2.75, 3.05) is 0 Å². The molecule has 3 nitrogen and oxygen atoms in total. The molecule has 1 aliphatic rings. The van der Waals surface area contributed by atoms with Crippen LogP contribution in [-0.2, 0) is 4.79 Å². The van der Waals surface area contributed by atoms with Gasteiger partial charge in [0.05, 0.1) is 11.0 Å². The number of hydrogen-bond acceptors (Lipinski definition) is 3. The standard InChI is InChI=1S/C11H10N2OS/c1-7-6-10(14)15-11-12-8-4-2-3-5-9(8)13(7)11/h2-5,7H,6H2,1H3. The second-order valence-corrected chi connectivity index (χ2v) is 4.80. The summed E-state index contributed by atoms with van der Waals surface area (Å²) in [4.78, 5) is 15.9. The minimum absolute atomic E-state index is 0.213. The number of nitrogens with zero attached hydrogens (tertiary/aromatic N) is 2. The first-order valence-electron chi connectivity index (χ1n) is 4.93. The number of aromatic nitrogens is 2. The van der Waals surface area contributed by atoms with E-state index < -0.39 is 0 Å². The smallest absolute Gasteiger partial charge is 0.198 e. The quantitative estimate of drug-likeness (QED) is 0.681. The maximum atomic E-state index is 11.4. The Labute approximate surface area is 91.5 Å². The Morgan fingerprint density at radius 1 is 1.47 bits per heavy atom. The van der Waals surface area contributed by atoms with Crippen molar-refractivity contribution in [2.24, 2.45) is 0 Å². The number of carbonyl (C=O) groups is 1. The second-order valence-electron chi connectivity index (χ2n) is 3.78. The Bertz CT molecular complexity index is 547. The number of hydrogen-bond donors (Lipinski definition) is 0. The van der Waals surface area contributed by atoms with E-state index in [-0.39, 0.29) is 11.2 Å². The van der Waals surface area contributed by atoms with Crippen LogP contribution in [0.3, 0.4) is 0 Å². The highest BCUT2D eigenvalue weighted by atomic mass is 32.2. The Kier molecular flexibility index (Phi) is 1.85. The summed E-state index contributed by atoms with van der Waals surface area (Å²) in [5.41, 5.74) is 2.10. The van der Waals surface area contributed by atoms with Crippen LogP contribution in [0.15, 0.2) is 29.4 Å². The van der Waals surface area contributed by atoms with Crippen LogP contribution in [-0.4, -0.2) is 14.7 Å². The lowest BCUT2D eigenvalue weighted by molar-refractivity contribution is -0.111. The van der Waals surface area contributed by atoms with Crippen LogP contribution in [0.25, 0.3) is 11.0 Å². The Morgan fingerprint density at radius 3 is 3.13 bits per heavy atom. The van der Waals surface area contributed by atoms with E-state index in [9.17, 15) is 4.79 Å². The Balaban J connectivity index is 2.32. The first-order valence-corrected chi connectivity index (χ1v) is 5.75. The lowest BCUT2D eigenvalue weighted by Crippen LogP contribution is -2.15. The van der Waals surface area contributed by atoms with E-state index in [2.05, 4.69) is 22.5 Å². The number of rotatable bonds is 0.